The molecule has 0 aliphatic carbocycles. The van der Waals surface area contributed by atoms with Gasteiger partial charge in [-0.15, -0.1) is 0 Å². The van der Waals surface area contributed by atoms with Gasteiger partial charge >= 0.3 is 6.18 Å². The van der Waals surface area contributed by atoms with Gasteiger partial charge in [0.05, 0.1) is 12.1 Å². The fourth-order valence-corrected chi connectivity index (χ4v) is 2.61. The molecule has 2 rings (SSSR count). The van der Waals surface area contributed by atoms with Crippen LogP contribution in [0.3, 0.4) is 0 Å². The Balaban J connectivity index is 2.05. The number of halogens is 3. The van der Waals surface area contributed by atoms with Gasteiger partial charge in [0, 0.05) is 30.0 Å². The first kappa shape index (κ1) is 21.3. The van der Waals surface area contributed by atoms with Crippen LogP contribution in [0.5, 0.6) is 0 Å². The molecule has 0 aromatic heterocycles. The summed E-state index contributed by atoms with van der Waals surface area (Å²) in [6.45, 7) is 5.08. The molecule has 0 spiro atoms. The van der Waals surface area contributed by atoms with Gasteiger partial charge in [-0.3, -0.25) is 9.59 Å². The van der Waals surface area contributed by atoms with E-state index in [-0.39, 0.29) is 23.7 Å². The standard InChI is InChI=1S/C20H22F3N3O2/c1-3-26(4-2)18(27)13-24-16-9-5-7-14(11-16)19(28)25-17-10-6-8-15(12-17)20(21,22)23/h5-12,24H,3-4,13H2,1-2H3,(H,25,28). The lowest BCUT2D eigenvalue weighted by Crippen LogP contribution is -2.35. The fraction of sp³-hybridized carbons (Fsp3) is 0.300. The Morgan fingerprint density at radius 3 is 2.25 bits per heavy atom. The minimum absolute atomic E-state index is 0.0508. The zero-order chi connectivity index (χ0) is 20.7. The van der Waals surface area contributed by atoms with E-state index in [0.29, 0.717) is 18.8 Å². The Hall–Kier alpha value is -3.03. The molecule has 0 heterocycles. The number of nitrogens with zero attached hydrogens (tertiary/aromatic N) is 1. The van der Waals surface area contributed by atoms with Crippen molar-refractivity contribution >= 4 is 23.2 Å². The molecule has 0 saturated heterocycles. The molecule has 0 saturated carbocycles. The molecule has 2 amide bonds. The molecule has 0 radical (unpaired) electrons. The van der Waals surface area contributed by atoms with Gasteiger partial charge in [-0.2, -0.15) is 13.2 Å². The van der Waals surface area contributed by atoms with Crippen molar-refractivity contribution < 1.29 is 22.8 Å². The molecule has 0 fully saturated rings. The smallest absolute Gasteiger partial charge is 0.376 e. The Kier molecular flexibility index (Phi) is 7.03. The number of alkyl halides is 3. The molecular weight excluding hydrogens is 371 g/mol. The summed E-state index contributed by atoms with van der Waals surface area (Å²) in [5.74, 6) is -0.609. The van der Waals surface area contributed by atoms with Crippen LogP contribution >= 0.6 is 0 Å². The highest BCUT2D eigenvalue weighted by molar-refractivity contribution is 6.04. The quantitative estimate of drug-likeness (QED) is 0.740. The average Bonchev–Trinajstić information content (AvgIpc) is 2.67. The van der Waals surface area contributed by atoms with Crippen molar-refractivity contribution in [2.75, 3.05) is 30.3 Å². The number of anilines is 2. The van der Waals surface area contributed by atoms with Crippen molar-refractivity contribution in [1.82, 2.24) is 4.90 Å². The van der Waals surface area contributed by atoms with Crippen molar-refractivity contribution in [3.63, 3.8) is 0 Å². The average molecular weight is 393 g/mol. The van der Waals surface area contributed by atoms with Gasteiger partial charge in [0.15, 0.2) is 0 Å². The van der Waals surface area contributed by atoms with E-state index in [1.807, 2.05) is 13.8 Å². The Morgan fingerprint density at radius 2 is 1.61 bits per heavy atom. The van der Waals surface area contributed by atoms with Crippen LogP contribution in [0.4, 0.5) is 24.5 Å². The summed E-state index contributed by atoms with van der Waals surface area (Å²) in [4.78, 5) is 26.1. The molecule has 5 nitrogen and oxygen atoms in total. The van der Waals surface area contributed by atoms with Crippen LogP contribution in [0, 0.1) is 0 Å². The zero-order valence-corrected chi connectivity index (χ0v) is 15.6. The topological polar surface area (TPSA) is 61.4 Å². The number of nitrogens with one attached hydrogen (secondary N) is 2. The van der Waals surface area contributed by atoms with Gasteiger partial charge in [-0.05, 0) is 50.2 Å². The normalized spacial score (nSPS) is 11.0. The summed E-state index contributed by atoms with van der Waals surface area (Å²) in [5, 5.41) is 5.42. The number of benzene rings is 2. The van der Waals surface area contributed by atoms with E-state index >= 15 is 0 Å². The molecule has 0 unspecified atom stereocenters. The van der Waals surface area contributed by atoms with Crippen LogP contribution in [-0.2, 0) is 11.0 Å². The van der Waals surface area contributed by atoms with Crippen molar-refractivity contribution in [2.24, 2.45) is 0 Å². The summed E-state index contributed by atoms with van der Waals surface area (Å²) in [5.41, 5.74) is 0.0421. The first-order valence-corrected chi connectivity index (χ1v) is 8.85. The van der Waals surface area contributed by atoms with Crippen LogP contribution in [-0.4, -0.2) is 36.3 Å². The largest absolute Gasteiger partial charge is 0.416 e. The van der Waals surface area contributed by atoms with Gasteiger partial charge in [-0.1, -0.05) is 12.1 Å². The first-order chi connectivity index (χ1) is 13.2. The zero-order valence-electron chi connectivity index (χ0n) is 15.6. The third-order valence-electron chi connectivity index (χ3n) is 4.13. The number of rotatable bonds is 7. The fourth-order valence-electron chi connectivity index (χ4n) is 2.61. The molecule has 150 valence electrons. The highest BCUT2D eigenvalue weighted by Gasteiger charge is 2.30. The Bertz CT molecular complexity index is 833. The maximum Gasteiger partial charge on any atom is 0.416 e. The number of hydrogen-bond donors (Lipinski definition) is 2. The number of carbonyl (C=O) groups excluding carboxylic acids is 2. The van der Waals surface area contributed by atoms with Crippen molar-refractivity contribution in [2.45, 2.75) is 20.0 Å². The van der Waals surface area contributed by atoms with Crippen LogP contribution in [0.1, 0.15) is 29.8 Å². The van der Waals surface area contributed by atoms with Crippen LogP contribution in [0.2, 0.25) is 0 Å². The number of carbonyl (C=O) groups is 2. The molecule has 0 bridgehead atoms. The third kappa shape index (κ3) is 5.73. The SMILES string of the molecule is CCN(CC)C(=O)CNc1cccc(C(=O)Nc2cccc(C(F)(F)F)c2)c1. The van der Waals surface area contributed by atoms with E-state index in [4.69, 9.17) is 0 Å². The van der Waals surface area contributed by atoms with E-state index in [1.54, 1.807) is 29.2 Å². The van der Waals surface area contributed by atoms with E-state index in [9.17, 15) is 22.8 Å². The lowest BCUT2D eigenvalue weighted by molar-refractivity contribution is -0.137. The lowest BCUT2D eigenvalue weighted by Gasteiger charge is -2.19. The van der Waals surface area contributed by atoms with Gasteiger partial charge in [0.1, 0.15) is 0 Å². The Labute approximate surface area is 161 Å². The predicted octanol–water partition coefficient (Wildman–Crippen LogP) is 4.24. The second-order valence-corrected chi connectivity index (χ2v) is 6.03. The van der Waals surface area contributed by atoms with Gasteiger partial charge < -0.3 is 15.5 Å². The summed E-state index contributed by atoms with van der Waals surface area (Å²) < 4.78 is 38.4. The molecule has 2 N–H and O–H groups in total. The van der Waals surface area contributed by atoms with Crippen molar-refractivity contribution in [1.29, 1.82) is 0 Å². The number of likely N-dealkylation sites (N-methyl/N-ethyl adjacent to an activating group) is 1. The van der Waals surface area contributed by atoms with Gasteiger partial charge in [-0.25, -0.2) is 0 Å². The molecule has 28 heavy (non-hydrogen) atoms. The van der Waals surface area contributed by atoms with E-state index in [0.717, 1.165) is 12.1 Å². The van der Waals surface area contributed by atoms with E-state index < -0.39 is 17.6 Å². The van der Waals surface area contributed by atoms with Gasteiger partial charge in [0.2, 0.25) is 5.91 Å². The molecule has 2 aromatic rings. The summed E-state index contributed by atoms with van der Waals surface area (Å²) in [7, 11) is 0. The molecule has 0 aliphatic rings. The van der Waals surface area contributed by atoms with Gasteiger partial charge in [0.25, 0.3) is 5.91 Å². The third-order valence-corrected chi connectivity index (χ3v) is 4.13. The maximum atomic E-state index is 12.8. The van der Waals surface area contributed by atoms with Crippen LogP contribution in [0.25, 0.3) is 0 Å². The van der Waals surface area contributed by atoms with E-state index in [2.05, 4.69) is 10.6 Å². The minimum atomic E-state index is -4.48. The highest BCUT2D eigenvalue weighted by atomic mass is 19.4. The van der Waals surface area contributed by atoms with Crippen molar-refractivity contribution in [3.05, 3.63) is 59.7 Å². The second-order valence-electron chi connectivity index (χ2n) is 6.03. The Morgan fingerprint density at radius 1 is 0.964 bits per heavy atom. The molecule has 0 aliphatic heterocycles. The van der Waals surface area contributed by atoms with Crippen molar-refractivity contribution in [3.8, 4) is 0 Å². The summed E-state index contributed by atoms with van der Waals surface area (Å²) >= 11 is 0. The van der Waals surface area contributed by atoms with E-state index in [1.165, 1.54) is 12.1 Å². The molecule has 8 heteroatoms. The summed E-state index contributed by atoms with van der Waals surface area (Å²) in [6, 6.07) is 10.9. The minimum Gasteiger partial charge on any atom is -0.376 e. The summed E-state index contributed by atoms with van der Waals surface area (Å²) in [6.07, 6.45) is -4.48. The molecule has 0 atom stereocenters. The highest BCUT2D eigenvalue weighted by Crippen LogP contribution is 2.30. The first-order valence-electron chi connectivity index (χ1n) is 8.85. The monoisotopic (exact) mass is 393 g/mol. The second kappa shape index (κ2) is 9.25. The number of amides is 2. The van der Waals surface area contributed by atoms with Crippen LogP contribution < -0.4 is 10.6 Å². The number of hydrogen-bond acceptors (Lipinski definition) is 3. The maximum absolute atomic E-state index is 12.8. The molecule has 2 aromatic carbocycles. The molecular formula is C20H22F3N3O2. The lowest BCUT2D eigenvalue weighted by atomic mass is 10.1. The van der Waals surface area contributed by atoms with Crippen LogP contribution in [0.15, 0.2) is 48.5 Å². The predicted molar refractivity (Wildman–Crippen MR) is 102 cm³/mol.